The van der Waals surface area contributed by atoms with Gasteiger partial charge in [0.1, 0.15) is 5.75 Å². The summed E-state index contributed by atoms with van der Waals surface area (Å²) in [5.41, 5.74) is 1.06. The molecule has 1 aliphatic heterocycles. The average molecular weight is 226 g/mol. The third-order valence-corrected chi connectivity index (χ3v) is 5.67. The maximum atomic E-state index is 9.80. The van der Waals surface area contributed by atoms with E-state index in [-0.39, 0.29) is 4.08 Å². The van der Waals surface area contributed by atoms with Crippen LogP contribution in [0.2, 0.25) is 0 Å². The van der Waals surface area contributed by atoms with E-state index < -0.39 is 0 Å². The minimum atomic E-state index is 0.0452. The van der Waals surface area contributed by atoms with Crippen LogP contribution in [0.3, 0.4) is 0 Å². The van der Waals surface area contributed by atoms with Crippen LogP contribution in [0.4, 0.5) is 0 Å². The number of benzene rings is 1. The van der Waals surface area contributed by atoms with Gasteiger partial charge in [0.2, 0.25) is 0 Å². The van der Waals surface area contributed by atoms with E-state index in [0.717, 1.165) is 5.56 Å². The standard InChI is InChI=1S/C11H14OS2/c1-11(13-7-4-8-14-11)9-5-2-3-6-10(9)12/h2-3,5-6,12H,4,7-8H2,1H3. The molecule has 0 amide bonds. The third kappa shape index (κ3) is 1.89. The highest BCUT2D eigenvalue weighted by atomic mass is 32.2. The molecule has 0 radical (unpaired) electrons. The molecule has 1 aliphatic rings. The lowest BCUT2D eigenvalue weighted by molar-refractivity contribution is 0.467. The van der Waals surface area contributed by atoms with E-state index in [2.05, 4.69) is 6.92 Å². The van der Waals surface area contributed by atoms with Crippen molar-refractivity contribution in [3.8, 4) is 5.75 Å². The van der Waals surface area contributed by atoms with Crippen LogP contribution < -0.4 is 0 Å². The van der Waals surface area contributed by atoms with E-state index in [4.69, 9.17) is 0 Å². The Kier molecular flexibility index (Phi) is 2.98. The molecule has 76 valence electrons. The molecule has 1 heterocycles. The Morgan fingerprint density at radius 1 is 1.21 bits per heavy atom. The van der Waals surface area contributed by atoms with Crippen LogP contribution >= 0.6 is 23.5 Å². The van der Waals surface area contributed by atoms with E-state index in [1.54, 1.807) is 6.07 Å². The molecule has 14 heavy (non-hydrogen) atoms. The van der Waals surface area contributed by atoms with Gasteiger partial charge in [-0.1, -0.05) is 18.2 Å². The molecule has 0 saturated carbocycles. The summed E-state index contributed by atoms with van der Waals surface area (Å²) in [4.78, 5) is 0. The summed E-state index contributed by atoms with van der Waals surface area (Å²) in [7, 11) is 0. The van der Waals surface area contributed by atoms with Crippen molar-refractivity contribution in [2.75, 3.05) is 11.5 Å². The molecule has 0 spiro atoms. The molecule has 0 atom stereocenters. The Bertz CT molecular complexity index is 319. The number of hydrogen-bond donors (Lipinski definition) is 1. The summed E-state index contributed by atoms with van der Waals surface area (Å²) < 4.78 is 0.0452. The van der Waals surface area contributed by atoms with Crippen molar-refractivity contribution in [1.82, 2.24) is 0 Å². The molecule has 0 unspecified atom stereocenters. The maximum absolute atomic E-state index is 9.80. The molecule has 1 N–H and O–H groups in total. The van der Waals surface area contributed by atoms with Crippen LogP contribution in [0.5, 0.6) is 5.75 Å². The lowest BCUT2D eigenvalue weighted by Crippen LogP contribution is -2.18. The molecule has 2 rings (SSSR count). The van der Waals surface area contributed by atoms with Gasteiger partial charge in [0, 0.05) is 5.56 Å². The summed E-state index contributed by atoms with van der Waals surface area (Å²) in [6.07, 6.45) is 1.28. The van der Waals surface area contributed by atoms with Gasteiger partial charge in [-0.2, -0.15) is 0 Å². The first-order valence-electron chi connectivity index (χ1n) is 4.79. The lowest BCUT2D eigenvalue weighted by atomic mass is 10.1. The van der Waals surface area contributed by atoms with Gasteiger partial charge in [-0.3, -0.25) is 0 Å². The van der Waals surface area contributed by atoms with Gasteiger partial charge < -0.3 is 5.11 Å². The zero-order valence-electron chi connectivity index (χ0n) is 8.19. The summed E-state index contributed by atoms with van der Waals surface area (Å²) in [6, 6.07) is 7.67. The van der Waals surface area contributed by atoms with E-state index >= 15 is 0 Å². The van der Waals surface area contributed by atoms with Crippen molar-refractivity contribution in [2.24, 2.45) is 0 Å². The highest BCUT2D eigenvalue weighted by Gasteiger charge is 2.32. The van der Waals surface area contributed by atoms with Crippen molar-refractivity contribution in [3.05, 3.63) is 29.8 Å². The quantitative estimate of drug-likeness (QED) is 0.792. The minimum Gasteiger partial charge on any atom is -0.508 e. The monoisotopic (exact) mass is 226 g/mol. The number of hydrogen-bond acceptors (Lipinski definition) is 3. The van der Waals surface area contributed by atoms with Crippen LogP contribution in [0, 0.1) is 0 Å². The average Bonchev–Trinajstić information content (AvgIpc) is 2.19. The Morgan fingerprint density at radius 3 is 2.50 bits per heavy atom. The van der Waals surface area contributed by atoms with Crippen LogP contribution in [0.1, 0.15) is 18.9 Å². The van der Waals surface area contributed by atoms with Gasteiger partial charge in [0.25, 0.3) is 0 Å². The van der Waals surface area contributed by atoms with Crippen molar-refractivity contribution in [3.63, 3.8) is 0 Å². The first kappa shape index (κ1) is 10.2. The normalized spacial score (nSPS) is 20.6. The number of phenols is 1. The van der Waals surface area contributed by atoms with Gasteiger partial charge >= 0.3 is 0 Å². The maximum Gasteiger partial charge on any atom is 0.121 e. The van der Waals surface area contributed by atoms with E-state index in [1.165, 1.54) is 17.9 Å². The van der Waals surface area contributed by atoms with E-state index in [0.29, 0.717) is 5.75 Å². The van der Waals surface area contributed by atoms with Crippen molar-refractivity contribution >= 4 is 23.5 Å². The molecule has 1 aromatic rings. The number of para-hydroxylation sites is 1. The van der Waals surface area contributed by atoms with Crippen LogP contribution in [0.25, 0.3) is 0 Å². The smallest absolute Gasteiger partial charge is 0.121 e. The summed E-state index contributed by atoms with van der Waals surface area (Å²) in [6.45, 7) is 2.20. The molecule has 1 nitrogen and oxygen atoms in total. The predicted molar refractivity (Wildman–Crippen MR) is 65.0 cm³/mol. The van der Waals surface area contributed by atoms with Gasteiger partial charge in [-0.25, -0.2) is 0 Å². The Labute approximate surface area is 93.3 Å². The fourth-order valence-corrected chi connectivity index (χ4v) is 4.68. The van der Waals surface area contributed by atoms with Crippen molar-refractivity contribution in [1.29, 1.82) is 0 Å². The predicted octanol–water partition coefficient (Wildman–Crippen LogP) is 3.44. The first-order valence-corrected chi connectivity index (χ1v) is 6.76. The fraction of sp³-hybridized carbons (Fsp3) is 0.455. The molecule has 3 heteroatoms. The SMILES string of the molecule is CC1(c2ccccc2O)SCCCS1. The van der Waals surface area contributed by atoms with Crippen molar-refractivity contribution < 1.29 is 5.11 Å². The topological polar surface area (TPSA) is 20.2 Å². The molecule has 1 saturated heterocycles. The van der Waals surface area contributed by atoms with Crippen LogP contribution in [0.15, 0.2) is 24.3 Å². The summed E-state index contributed by atoms with van der Waals surface area (Å²) in [5.74, 6) is 2.81. The minimum absolute atomic E-state index is 0.0452. The highest BCUT2D eigenvalue weighted by Crippen LogP contribution is 2.51. The highest BCUT2D eigenvalue weighted by molar-refractivity contribution is 8.18. The second kappa shape index (κ2) is 4.07. The Hall–Kier alpha value is -0.280. The van der Waals surface area contributed by atoms with Gasteiger partial charge in [-0.05, 0) is 30.9 Å². The van der Waals surface area contributed by atoms with E-state index in [9.17, 15) is 5.11 Å². The second-order valence-corrected chi connectivity index (χ2v) is 6.80. The Morgan fingerprint density at radius 2 is 1.86 bits per heavy atom. The molecule has 1 fully saturated rings. The summed E-state index contributed by atoms with van der Waals surface area (Å²) in [5, 5.41) is 9.80. The fourth-order valence-electron chi connectivity index (χ4n) is 1.65. The van der Waals surface area contributed by atoms with Gasteiger partial charge in [0.05, 0.1) is 4.08 Å². The van der Waals surface area contributed by atoms with Crippen LogP contribution in [-0.2, 0) is 4.08 Å². The molecule has 0 aromatic heterocycles. The molecular formula is C11H14OS2. The van der Waals surface area contributed by atoms with Gasteiger partial charge in [-0.15, -0.1) is 23.5 Å². The Balaban J connectivity index is 2.32. The second-order valence-electron chi connectivity index (χ2n) is 3.51. The largest absolute Gasteiger partial charge is 0.508 e. The number of phenolic OH excluding ortho intramolecular Hbond substituents is 1. The van der Waals surface area contributed by atoms with Gasteiger partial charge in [0.15, 0.2) is 0 Å². The van der Waals surface area contributed by atoms with Crippen LogP contribution in [-0.4, -0.2) is 16.6 Å². The zero-order valence-corrected chi connectivity index (χ0v) is 9.83. The molecule has 1 aromatic carbocycles. The number of rotatable bonds is 1. The first-order chi connectivity index (χ1) is 6.72. The number of thioether (sulfide) groups is 2. The molecule has 0 bridgehead atoms. The summed E-state index contributed by atoms with van der Waals surface area (Å²) >= 11 is 3.87. The lowest BCUT2D eigenvalue weighted by Gasteiger charge is -2.33. The third-order valence-electron chi connectivity index (χ3n) is 2.44. The molecule has 0 aliphatic carbocycles. The van der Waals surface area contributed by atoms with Crippen molar-refractivity contribution in [2.45, 2.75) is 17.4 Å². The molecular weight excluding hydrogens is 212 g/mol. The number of aromatic hydroxyl groups is 1. The zero-order chi connectivity index (χ0) is 10.0. The van der Waals surface area contributed by atoms with E-state index in [1.807, 2.05) is 41.7 Å².